The second kappa shape index (κ2) is 4.58. The Hall–Kier alpha value is 0.140. The molecule has 2 atom stereocenters. The predicted molar refractivity (Wildman–Crippen MR) is 59.7 cm³/mol. The van der Waals surface area contributed by atoms with E-state index in [0.717, 1.165) is 19.6 Å². The number of hydrogen-bond donors (Lipinski definition) is 0. The van der Waals surface area contributed by atoms with E-state index in [4.69, 9.17) is 4.74 Å². The molecular weight excluding hydrogens is 248 g/mol. The van der Waals surface area contributed by atoms with Crippen molar-refractivity contribution in [3.05, 3.63) is 22.4 Å². The van der Waals surface area contributed by atoms with E-state index in [2.05, 4.69) is 32.8 Å². The van der Waals surface area contributed by atoms with Crippen molar-refractivity contribution in [2.75, 3.05) is 13.2 Å². The van der Waals surface area contributed by atoms with Gasteiger partial charge in [-0.05, 0) is 41.1 Å². The van der Waals surface area contributed by atoms with E-state index in [1.54, 1.807) is 11.3 Å². The Labute approximate surface area is 91.2 Å². The summed E-state index contributed by atoms with van der Waals surface area (Å²) >= 11 is 5.52. The molecule has 1 saturated heterocycles. The molecule has 1 aromatic rings. The molecule has 0 saturated carbocycles. The molecule has 1 aromatic heterocycles. The zero-order valence-corrected chi connectivity index (χ0v) is 9.81. The highest BCUT2D eigenvalue weighted by Crippen LogP contribution is 2.26. The summed E-state index contributed by atoms with van der Waals surface area (Å²) in [4.78, 5) is 0.588. The summed E-state index contributed by atoms with van der Waals surface area (Å²) in [7, 11) is 0. The zero-order chi connectivity index (χ0) is 9.10. The first-order valence-corrected chi connectivity index (χ1v) is 6.45. The lowest BCUT2D eigenvalue weighted by Crippen LogP contribution is -2.16. The standard InChI is InChI=1S/C10H13BrOS/c11-10(9-1-3-12-6-9)5-8-2-4-13-7-8/h2,4,7,9-10H,1,3,5-6H2. The molecule has 1 fully saturated rings. The Bertz CT molecular complexity index is 241. The molecule has 3 heteroatoms. The van der Waals surface area contributed by atoms with Crippen LogP contribution in [0.1, 0.15) is 12.0 Å². The summed E-state index contributed by atoms with van der Waals surface area (Å²) in [6, 6.07) is 2.20. The van der Waals surface area contributed by atoms with E-state index < -0.39 is 0 Å². The molecule has 0 spiro atoms. The number of rotatable bonds is 3. The Morgan fingerprint density at radius 2 is 2.62 bits per heavy atom. The van der Waals surface area contributed by atoms with E-state index in [0.29, 0.717) is 10.7 Å². The minimum Gasteiger partial charge on any atom is -0.381 e. The lowest BCUT2D eigenvalue weighted by atomic mass is 10.0. The van der Waals surface area contributed by atoms with Gasteiger partial charge >= 0.3 is 0 Å². The molecule has 0 N–H and O–H groups in total. The number of ether oxygens (including phenoxy) is 1. The minimum absolute atomic E-state index is 0.588. The van der Waals surface area contributed by atoms with Crippen LogP contribution < -0.4 is 0 Å². The third-order valence-corrected chi connectivity index (χ3v) is 4.29. The van der Waals surface area contributed by atoms with Crippen LogP contribution >= 0.6 is 27.3 Å². The summed E-state index contributed by atoms with van der Waals surface area (Å²) in [6.07, 6.45) is 2.34. The van der Waals surface area contributed by atoms with Gasteiger partial charge in [0.1, 0.15) is 0 Å². The van der Waals surface area contributed by atoms with Gasteiger partial charge in [0.25, 0.3) is 0 Å². The molecule has 1 aliphatic heterocycles. The molecule has 1 aliphatic rings. The summed E-state index contributed by atoms with van der Waals surface area (Å²) in [5.41, 5.74) is 1.44. The molecule has 2 rings (SSSR count). The van der Waals surface area contributed by atoms with Gasteiger partial charge in [0, 0.05) is 11.4 Å². The molecule has 2 heterocycles. The quantitative estimate of drug-likeness (QED) is 0.760. The van der Waals surface area contributed by atoms with E-state index >= 15 is 0 Å². The van der Waals surface area contributed by atoms with Crippen molar-refractivity contribution in [2.45, 2.75) is 17.7 Å². The molecule has 72 valence electrons. The van der Waals surface area contributed by atoms with Crippen molar-refractivity contribution >= 4 is 27.3 Å². The SMILES string of the molecule is BrC(Cc1ccsc1)C1CCOC1. The van der Waals surface area contributed by atoms with Gasteiger partial charge in [-0.1, -0.05) is 15.9 Å². The molecule has 13 heavy (non-hydrogen) atoms. The zero-order valence-electron chi connectivity index (χ0n) is 7.41. The average Bonchev–Trinajstić information content (AvgIpc) is 2.74. The van der Waals surface area contributed by atoms with Crippen LogP contribution in [0, 0.1) is 5.92 Å². The summed E-state index contributed by atoms with van der Waals surface area (Å²) in [5, 5.41) is 4.37. The van der Waals surface area contributed by atoms with E-state index in [-0.39, 0.29) is 0 Å². The van der Waals surface area contributed by atoms with Gasteiger partial charge in [-0.15, -0.1) is 0 Å². The van der Waals surface area contributed by atoms with Crippen LogP contribution in [-0.4, -0.2) is 18.0 Å². The largest absolute Gasteiger partial charge is 0.381 e. The average molecular weight is 261 g/mol. The van der Waals surface area contributed by atoms with Crippen molar-refractivity contribution in [3.8, 4) is 0 Å². The van der Waals surface area contributed by atoms with Gasteiger partial charge < -0.3 is 4.74 Å². The Morgan fingerprint density at radius 1 is 1.69 bits per heavy atom. The van der Waals surface area contributed by atoms with Crippen molar-refractivity contribution in [2.24, 2.45) is 5.92 Å². The van der Waals surface area contributed by atoms with E-state index in [9.17, 15) is 0 Å². The molecule has 2 unspecified atom stereocenters. The molecule has 1 nitrogen and oxygen atoms in total. The van der Waals surface area contributed by atoms with Crippen molar-refractivity contribution in [3.63, 3.8) is 0 Å². The topological polar surface area (TPSA) is 9.23 Å². The van der Waals surface area contributed by atoms with Crippen LogP contribution in [-0.2, 0) is 11.2 Å². The highest BCUT2D eigenvalue weighted by atomic mass is 79.9. The van der Waals surface area contributed by atoms with Gasteiger partial charge in [-0.25, -0.2) is 0 Å². The first kappa shape index (κ1) is 9.69. The van der Waals surface area contributed by atoms with Crippen molar-refractivity contribution in [1.82, 2.24) is 0 Å². The fraction of sp³-hybridized carbons (Fsp3) is 0.600. The third-order valence-electron chi connectivity index (χ3n) is 2.49. The molecule has 0 aromatic carbocycles. The van der Waals surface area contributed by atoms with E-state index in [1.807, 2.05) is 0 Å². The van der Waals surface area contributed by atoms with Crippen LogP contribution in [0.4, 0.5) is 0 Å². The maximum atomic E-state index is 5.37. The number of alkyl halides is 1. The van der Waals surface area contributed by atoms with Crippen LogP contribution in [0.15, 0.2) is 16.8 Å². The highest BCUT2D eigenvalue weighted by Gasteiger charge is 2.23. The fourth-order valence-corrected chi connectivity index (χ4v) is 3.11. The Morgan fingerprint density at radius 3 is 3.23 bits per heavy atom. The van der Waals surface area contributed by atoms with E-state index in [1.165, 1.54) is 12.0 Å². The maximum absolute atomic E-state index is 5.37. The van der Waals surface area contributed by atoms with Gasteiger partial charge in [0.05, 0.1) is 6.61 Å². The lowest BCUT2D eigenvalue weighted by molar-refractivity contribution is 0.185. The van der Waals surface area contributed by atoms with Gasteiger partial charge in [0.15, 0.2) is 0 Å². The summed E-state index contributed by atoms with van der Waals surface area (Å²) in [5.74, 6) is 0.708. The van der Waals surface area contributed by atoms with Crippen LogP contribution in [0.2, 0.25) is 0 Å². The minimum atomic E-state index is 0.588. The number of hydrogen-bond acceptors (Lipinski definition) is 2. The van der Waals surface area contributed by atoms with Crippen LogP contribution in [0.25, 0.3) is 0 Å². The third kappa shape index (κ3) is 2.55. The van der Waals surface area contributed by atoms with Gasteiger partial charge in [-0.2, -0.15) is 11.3 Å². The van der Waals surface area contributed by atoms with Crippen molar-refractivity contribution < 1.29 is 4.74 Å². The molecule has 0 bridgehead atoms. The normalized spacial score (nSPS) is 24.8. The van der Waals surface area contributed by atoms with Gasteiger partial charge in [0.2, 0.25) is 0 Å². The van der Waals surface area contributed by atoms with Crippen molar-refractivity contribution in [1.29, 1.82) is 0 Å². The predicted octanol–water partition coefficient (Wildman–Crippen LogP) is 3.09. The number of halogens is 1. The molecular formula is C10H13BrOS. The van der Waals surface area contributed by atoms with Crippen LogP contribution in [0.3, 0.4) is 0 Å². The molecule has 0 amide bonds. The summed E-state index contributed by atoms with van der Waals surface area (Å²) in [6.45, 7) is 1.87. The monoisotopic (exact) mass is 260 g/mol. The second-order valence-corrected chi connectivity index (χ2v) is 5.43. The first-order chi connectivity index (χ1) is 6.36. The maximum Gasteiger partial charge on any atom is 0.0505 e. The smallest absolute Gasteiger partial charge is 0.0505 e. The fourth-order valence-electron chi connectivity index (χ4n) is 1.64. The lowest BCUT2D eigenvalue weighted by Gasteiger charge is -2.14. The highest BCUT2D eigenvalue weighted by molar-refractivity contribution is 9.09. The number of thiophene rings is 1. The second-order valence-electron chi connectivity index (χ2n) is 3.48. The Balaban J connectivity index is 1.87. The molecule has 0 aliphatic carbocycles. The van der Waals surface area contributed by atoms with Gasteiger partial charge in [-0.3, -0.25) is 0 Å². The first-order valence-electron chi connectivity index (χ1n) is 4.59. The van der Waals surface area contributed by atoms with Crippen LogP contribution in [0.5, 0.6) is 0 Å². The molecule has 0 radical (unpaired) electrons. The summed E-state index contributed by atoms with van der Waals surface area (Å²) < 4.78 is 5.37. The Kier molecular flexibility index (Phi) is 3.41.